The first-order valence-electron chi connectivity index (χ1n) is 8.95. The van der Waals surface area contributed by atoms with E-state index in [1.165, 1.54) is 40.6 Å². The maximum absolute atomic E-state index is 12.3. The van der Waals surface area contributed by atoms with Gasteiger partial charge in [0.05, 0.1) is 28.4 Å². The number of hydrogen-bond donors (Lipinski definition) is 2. The number of benzene rings is 2. The van der Waals surface area contributed by atoms with E-state index in [1.807, 2.05) is 0 Å². The normalized spacial score (nSPS) is 14.6. The maximum atomic E-state index is 12.3. The molecule has 0 spiro atoms. The number of rotatable bonds is 6. The van der Waals surface area contributed by atoms with Gasteiger partial charge in [-0.25, -0.2) is 0 Å². The molecule has 176 valence electrons. The van der Waals surface area contributed by atoms with Gasteiger partial charge in [-0.15, -0.1) is 0 Å². The topological polar surface area (TPSA) is 155 Å². The molecule has 0 saturated carbocycles. The second-order valence-electron chi connectivity index (χ2n) is 7.31. The Bertz CT molecular complexity index is 1220. The van der Waals surface area contributed by atoms with E-state index in [4.69, 9.17) is 23.7 Å². The van der Waals surface area contributed by atoms with E-state index in [0.29, 0.717) is 10.4 Å². The molecule has 2 aromatic carbocycles. The van der Waals surface area contributed by atoms with Crippen LogP contribution in [0, 0.1) is 0 Å². The highest BCUT2D eigenvalue weighted by atomic mass is 32.2. The number of methoxy groups -OCH3 is 4. The first kappa shape index (κ1) is 24.1. The van der Waals surface area contributed by atoms with Crippen molar-refractivity contribution in [2.75, 3.05) is 28.4 Å². The lowest BCUT2D eigenvalue weighted by Gasteiger charge is -2.35. The molecule has 14 heteroatoms. The molecule has 0 bridgehead atoms. The second kappa shape index (κ2) is 7.81. The average molecular weight is 507 g/mol. The molecule has 0 fully saturated rings. The summed E-state index contributed by atoms with van der Waals surface area (Å²) in [7, 11) is -7.86. The van der Waals surface area contributed by atoms with Gasteiger partial charge in [0.1, 0.15) is 8.07 Å². The van der Waals surface area contributed by atoms with Crippen molar-refractivity contribution in [2.24, 2.45) is 0 Å². The van der Waals surface area contributed by atoms with Gasteiger partial charge in [0.15, 0.2) is 44.3 Å². The molecule has 0 atom stereocenters. The lowest BCUT2D eigenvalue weighted by Crippen LogP contribution is -2.56. The fourth-order valence-electron chi connectivity index (χ4n) is 3.74. The molecule has 2 aromatic rings. The summed E-state index contributed by atoms with van der Waals surface area (Å²) in [5.74, 6) is -1.24. The fraction of sp³-hybridized carbons (Fsp3) is 0.333. The van der Waals surface area contributed by atoms with Crippen molar-refractivity contribution in [3.63, 3.8) is 0 Å². The van der Waals surface area contributed by atoms with Gasteiger partial charge in [0.25, 0.3) is 0 Å². The summed E-state index contributed by atoms with van der Waals surface area (Å²) < 4.78 is 95.9. The zero-order valence-corrected chi connectivity index (χ0v) is 20.7. The van der Waals surface area contributed by atoms with Crippen molar-refractivity contribution < 1.29 is 49.6 Å². The zero-order valence-electron chi connectivity index (χ0n) is 18.0. The summed E-state index contributed by atoms with van der Waals surface area (Å²) in [5, 5.41) is 0.757. The molecule has 0 amide bonds. The molecule has 0 aliphatic carbocycles. The van der Waals surface area contributed by atoms with E-state index in [0.717, 1.165) is 0 Å². The van der Waals surface area contributed by atoms with Crippen molar-refractivity contribution in [3.8, 4) is 34.5 Å². The third kappa shape index (κ3) is 3.57. The summed E-state index contributed by atoms with van der Waals surface area (Å²) in [5.41, 5.74) is 0. The monoisotopic (exact) mass is 506 g/mol. The Morgan fingerprint density at radius 1 is 0.719 bits per heavy atom. The average Bonchev–Trinajstić information content (AvgIpc) is 2.69. The molecule has 0 radical (unpaired) electrons. The van der Waals surface area contributed by atoms with Gasteiger partial charge in [-0.1, -0.05) is 13.1 Å². The molecular weight excluding hydrogens is 484 g/mol. The van der Waals surface area contributed by atoms with Crippen molar-refractivity contribution in [1.82, 2.24) is 0 Å². The Hall–Kier alpha value is -2.52. The highest BCUT2D eigenvalue weighted by Gasteiger charge is 2.46. The van der Waals surface area contributed by atoms with Crippen molar-refractivity contribution in [2.45, 2.75) is 22.9 Å². The Morgan fingerprint density at radius 2 is 1.06 bits per heavy atom. The Morgan fingerprint density at radius 3 is 1.31 bits per heavy atom. The molecule has 32 heavy (non-hydrogen) atoms. The molecular formula is C18H22O11S2Si. The smallest absolute Gasteiger partial charge is 0.302 e. The zero-order chi connectivity index (χ0) is 24.2. The van der Waals surface area contributed by atoms with Crippen LogP contribution >= 0.6 is 0 Å². The van der Waals surface area contributed by atoms with Crippen LogP contribution in [-0.2, 0) is 20.2 Å². The van der Waals surface area contributed by atoms with E-state index in [2.05, 4.69) is 0 Å². The van der Waals surface area contributed by atoms with Crippen LogP contribution in [0.25, 0.3) is 0 Å². The molecule has 1 aliphatic rings. The molecule has 3 rings (SSSR count). The Balaban J connectivity index is 2.57. The van der Waals surface area contributed by atoms with E-state index in [9.17, 15) is 25.9 Å². The minimum absolute atomic E-state index is 0.0296. The summed E-state index contributed by atoms with van der Waals surface area (Å²) in [6.07, 6.45) is 0. The van der Waals surface area contributed by atoms with E-state index in [1.54, 1.807) is 13.1 Å². The third-order valence-corrected chi connectivity index (χ3v) is 10.4. The van der Waals surface area contributed by atoms with Gasteiger partial charge in [0.2, 0.25) is 0 Å². The first-order chi connectivity index (χ1) is 14.7. The van der Waals surface area contributed by atoms with Crippen LogP contribution in [0.2, 0.25) is 13.1 Å². The van der Waals surface area contributed by atoms with Gasteiger partial charge >= 0.3 is 20.2 Å². The molecule has 0 saturated heterocycles. The predicted octanol–water partition coefficient (Wildman–Crippen LogP) is 1.14. The third-order valence-electron chi connectivity index (χ3n) is 5.23. The van der Waals surface area contributed by atoms with Crippen molar-refractivity contribution in [1.29, 1.82) is 0 Å². The van der Waals surface area contributed by atoms with Crippen LogP contribution < -0.4 is 34.1 Å². The van der Waals surface area contributed by atoms with E-state index < -0.39 is 38.1 Å². The van der Waals surface area contributed by atoms with Crippen LogP contribution in [-0.4, -0.2) is 62.5 Å². The highest BCUT2D eigenvalue weighted by Crippen LogP contribution is 2.48. The number of fused-ring (bicyclic) bond motifs is 2. The molecule has 1 aliphatic heterocycles. The molecule has 0 unspecified atom stereocenters. The number of ether oxygens (including phenoxy) is 5. The fourth-order valence-corrected chi connectivity index (χ4v) is 8.29. The molecule has 11 nitrogen and oxygen atoms in total. The molecule has 0 aromatic heterocycles. The van der Waals surface area contributed by atoms with E-state index in [-0.39, 0.29) is 34.5 Å². The Labute approximate surface area is 186 Å². The SMILES string of the molecule is COc1cc2c(c(S(=O)(=O)O)c1OC)Oc1c(cc(OC)c(OC)c1S(=O)(=O)O)[Si]2(C)C. The van der Waals surface area contributed by atoms with Crippen LogP contribution in [0.1, 0.15) is 0 Å². The van der Waals surface area contributed by atoms with Gasteiger partial charge in [0, 0.05) is 0 Å². The van der Waals surface area contributed by atoms with E-state index >= 15 is 0 Å². The lowest BCUT2D eigenvalue weighted by atomic mass is 10.2. The first-order valence-corrected chi connectivity index (χ1v) is 14.8. The van der Waals surface area contributed by atoms with Gasteiger partial charge in [-0.2, -0.15) is 16.8 Å². The summed E-state index contributed by atoms with van der Waals surface area (Å²) >= 11 is 0. The summed E-state index contributed by atoms with van der Waals surface area (Å²) in [4.78, 5) is -1.45. The minimum atomic E-state index is -4.92. The predicted molar refractivity (Wildman–Crippen MR) is 116 cm³/mol. The number of hydrogen-bond acceptors (Lipinski definition) is 9. The second-order valence-corrected chi connectivity index (χ2v) is 14.4. The van der Waals surface area contributed by atoms with Gasteiger partial charge in [-0.05, 0) is 22.5 Å². The minimum Gasteiger partial charge on any atom is -0.493 e. The van der Waals surface area contributed by atoms with Crippen LogP contribution in [0.15, 0.2) is 21.9 Å². The molecule has 2 N–H and O–H groups in total. The van der Waals surface area contributed by atoms with Crippen molar-refractivity contribution >= 4 is 38.7 Å². The van der Waals surface area contributed by atoms with Crippen LogP contribution in [0.5, 0.6) is 34.5 Å². The Kier molecular flexibility index (Phi) is 5.89. The summed E-state index contributed by atoms with van der Waals surface area (Å²) in [6, 6.07) is 3.03. The molecule has 1 heterocycles. The highest BCUT2D eigenvalue weighted by molar-refractivity contribution is 7.86. The lowest BCUT2D eigenvalue weighted by molar-refractivity contribution is 0.332. The standard InChI is InChI=1S/C18H22O11S2Si/c1-25-9-7-11-15(17(13(9)27-3)30(19,20)21)29-16-12(32(11,5)6)8-10(26-2)14(28-4)18(16)31(22,23)24/h7-8H,1-6H3,(H,19,20,21)(H,22,23,24). The largest absolute Gasteiger partial charge is 0.493 e. The van der Waals surface area contributed by atoms with Crippen LogP contribution in [0.3, 0.4) is 0 Å². The van der Waals surface area contributed by atoms with Gasteiger partial charge < -0.3 is 23.7 Å². The quantitative estimate of drug-likeness (QED) is 0.428. The maximum Gasteiger partial charge on any atom is 0.302 e. The summed E-state index contributed by atoms with van der Waals surface area (Å²) in [6.45, 7) is 3.60. The van der Waals surface area contributed by atoms with Crippen LogP contribution in [0.4, 0.5) is 0 Å². The van der Waals surface area contributed by atoms with Gasteiger partial charge in [-0.3, -0.25) is 9.11 Å². The van der Waals surface area contributed by atoms with Crippen molar-refractivity contribution in [3.05, 3.63) is 12.1 Å².